The van der Waals surface area contributed by atoms with E-state index in [0.717, 1.165) is 44.1 Å². The zero-order valence-corrected chi connectivity index (χ0v) is 42.5. The number of halogens is 2. The highest BCUT2D eigenvalue weighted by atomic mass is 35.5. The largest absolute Gasteiger partial charge is 0.489 e. The Kier molecular flexibility index (Phi) is 18.3. The average Bonchev–Trinajstić information content (AvgIpc) is 3.67. The van der Waals surface area contributed by atoms with Crippen LogP contribution >= 0.6 is 23.2 Å². The van der Waals surface area contributed by atoms with Crippen molar-refractivity contribution in [3.63, 3.8) is 0 Å². The van der Waals surface area contributed by atoms with Crippen molar-refractivity contribution in [3.05, 3.63) is 129 Å². The summed E-state index contributed by atoms with van der Waals surface area (Å²) in [4.78, 5) is 79.1. The fourth-order valence-electron chi connectivity index (χ4n) is 10.8. The third-order valence-corrected chi connectivity index (χ3v) is 15.4. The SMILES string of the molecule is CC(C)C[C@H](NC(=O)[C@H](Cc1ccccc1)NC(=O)CNC(=O)CNC(=O)[C@H](Cc1ccc(OCc2c(Cl)cccc2Cl)cc1)NC(=O)COc1ccc2c(c1)CC[C@@H]1[C@@H]2CC[C@]2(C)C(O)CC[C@@H]12)C(N)=O. The molecule has 2 saturated carbocycles. The van der Waals surface area contributed by atoms with Gasteiger partial charge in [0.05, 0.1) is 19.2 Å². The fourth-order valence-corrected chi connectivity index (χ4v) is 11.3. The molecule has 0 aromatic heterocycles. The zero-order chi connectivity index (χ0) is 51.5. The van der Waals surface area contributed by atoms with Gasteiger partial charge in [-0.3, -0.25) is 28.8 Å². The first-order valence-electron chi connectivity index (χ1n) is 24.8. The van der Waals surface area contributed by atoms with Crippen molar-refractivity contribution < 1.29 is 43.3 Å². The Morgan fingerprint density at radius 2 is 1.36 bits per heavy atom. The number of aliphatic hydroxyl groups excluding tert-OH is 1. The number of hydrogen-bond donors (Lipinski definition) is 7. The number of primary amides is 1. The normalized spacial score (nSPS) is 21.1. The molecular formula is C55H66Cl2N6O9. The van der Waals surface area contributed by atoms with Crippen LogP contribution in [0.15, 0.2) is 91.0 Å². The Morgan fingerprint density at radius 1 is 0.708 bits per heavy atom. The number of nitrogens with two attached hydrogens (primary N) is 1. The molecule has 1 unspecified atom stereocenters. The van der Waals surface area contributed by atoms with Crippen molar-refractivity contribution in [1.29, 1.82) is 0 Å². The molecule has 4 aromatic carbocycles. The highest BCUT2D eigenvalue weighted by Crippen LogP contribution is 2.61. The molecule has 72 heavy (non-hydrogen) atoms. The summed E-state index contributed by atoms with van der Waals surface area (Å²) < 4.78 is 11.9. The van der Waals surface area contributed by atoms with Crippen LogP contribution in [0.4, 0.5) is 0 Å². The standard InChI is InChI=1S/C55H66Cl2N6O9/c1-32(2)24-45(52(58)68)63-54(70)47(25-33-8-5-4-6-9-33)61-50(66)29-59-49(65)28-60-53(69)46(26-34-12-15-36(16-13-34)71-30-41-43(56)10-7-11-44(41)57)62-51(67)31-72-37-17-19-38-35(27-37)14-18-40-39(38)22-23-55(3)42(40)20-21-48(55)64/h4-13,15-17,19,27,32,39-40,42,45-48,64H,14,18,20-26,28-31H2,1-3H3,(H2,58,68)(H,59,65)(H,60,69)(H,61,66)(H,62,67)(H,63,70)/t39-,40-,42+,45+,46+,47+,48?,55+/m1/s1. The highest BCUT2D eigenvalue weighted by molar-refractivity contribution is 6.36. The second-order valence-corrected chi connectivity index (χ2v) is 20.9. The number of carbonyl (C=O) groups excluding carboxylic acids is 6. The van der Waals surface area contributed by atoms with E-state index < -0.39 is 66.7 Å². The number of fused-ring (bicyclic) bond motifs is 5. The van der Waals surface area contributed by atoms with Crippen molar-refractivity contribution in [2.45, 2.75) is 115 Å². The third kappa shape index (κ3) is 13.9. The van der Waals surface area contributed by atoms with Crippen molar-refractivity contribution in [2.24, 2.45) is 28.9 Å². The van der Waals surface area contributed by atoms with Crippen LogP contribution in [0, 0.1) is 23.2 Å². The molecule has 0 saturated heterocycles. The summed E-state index contributed by atoms with van der Waals surface area (Å²) in [7, 11) is 0. The van der Waals surface area contributed by atoms with Crippen LogP contribution in [0.25, 0.3) is 0 Å². The van der Waals surface area contributed by atoms with Gasteiger partial charge in [-0.15, -0.1) is 0 Å². The Bertz CT molecular complexity index is 2560. The summed E-state index contributed by atoms with van der Waals surface area (Å²) in [6.07, 6.45) is 6.12. The Morgan fingerprint density at radius 3 is 2.06 bits per heavy atom. The van der Waals surface area contributed by atoms with E-state index >= 15 is 0 Å². The van der Waals surface area contributed by atoms with Gasteiger partial charge in [-0.2, -0.15) is 0 Å². The Balaban J connectivity index is 0.957. The second-order valence-electron chi connectivity index (χ2n) is 20.1. The van der Waals surface area contributed by atoms with Crippen LogP contribution in [0.2, 0.25) is 10.0 Å². The minimum Gasteiger partial charge on any atom is -0.489 e. The molecule has 17 heteroatoms. The molecule has 2 fully saturated rings. The van der Waals surface area contributed by atoms with Crippen molar-refractivity contribution in [1.82, 2.24) is 26.6 Å². The van der Waals surface area contributed by atoms with E-state index in [4.69, 9.17) is 38.4 Å². The number of nitrogens with one attached hydrogen (secondary N) is 5. The molecule has 4 aromatic rings. The van der Waals surface area contributed by atoms with Gasteiger partial charge >= 0.3 is 0 Å². The number of ether oxygens (including phenoxy) is 2. The lowest BCUT2D eigenvalue weighted by atomic mass is 9.55. The third-order valence-electron chi connectivity index (χ3n) is 14.6. The van der Waals surface area contributed by atoms with E-state index in [1.807, 2.05) is 32.0 Å². The van der Waals surface area contributed by atoms with Gasteiger partial charge < -0.3 is 46.9 Å². The number of rotatable bonds is 22. The lowest BCUT2D eigenvalue weighted by Gasteiger charge is -2.50. The van der Waals surface area contributed by atoms with E-state index in [9.17, 15) is 33.9 Å². The summed E-state index contributed by atoms with van der Waals surface area (Å²) in [6, 6.07) is 23.9. The molecule has 15 nitrogen and oxygen atoms in total. The number of carbonyl (C=O) groups is 6. The monoisotopic (exact) mass is 1020 g/mol. The van der Waals surface area contributed by atoms with Gasteiger partial charge in [0.25, 0.3) is 5.91 Å². The van der Waals surface area contributed by atoms with Crippen molar-refractivity contribution in [2.75, 3.05) is 19.7 Å². The van der Waals surface area contributed by atoms with Gasteiger partial charge in [0, 0.05) is 28.5 Å². The summed E-state index contributed by atoms with van der Waals surface area (Å²) in [5, 5.41) is 24.9. The lowest BCUT2D eigenvalue weighted by molar-refractivity contribution is -0.132. The molecule has 0 radical (unpaired) electrons. The smallest absolute Gasteiger partial charge is 0.258 e. The van der Waals surface area contributed by atoms with E-state index in [1.165, 1.54) is 11.1 Å². The molecule has 0 bridgehead atoms. The molecule has 7 rings (SSSR count). The minimum atomic E-state index is -1.14. The van der Waals surface area contributed by atoms with E-state index in [0.29, 0.717) is 56.8 Å². The predicted molar refractivity (Wildman–Crippen MR) is 274 cm³/mol. The summed E-state index contributed by atoms with van der Waals surface area (Å²) >= 11 is 12.6. The molecule has 384 valence electrons. The Labute approximate surface area is 431 Å². The van der Waals surface area contributed by atoms with Gasteiger partial charge in [-0.25, -0.2) is 0 Å². The summed E-state index contributed by atoms with van der Waals surface area (Å²) in [6.45, 7) is 4.73. The molecule has 8 atom stereocenters. The molecule has 0 heterocycles. The quantitative estimate of drug-likeness (QED) is 0.0499. The topological polar surface area (TPSA) is 227 Å². The maximum atomic E-state index is 13.8. The van der Waals surface area contributed by atoms with Gasteiger partial charge in [0.15, 0.2) is 6.61 Å². The van der Waals surface area contributed by atoms with Crippen LogP contribution in [0.5, 0.6) is 11.5 Å². The van der Waals surface area contributed by atoms with E-state index in [2.05, 4.69) is 39.6 Å². The van der Waals surface area contributed by atoms with Crippen LogP contribution in [-0.2, 0) is 54.6 Å². The van der Waals surface area contributed by atoms with Crippen LogP contribution in [0.1, 0.15) is 93.0 Å². The number of amides is 6. The highest BCUT2D eigenvalue weighted by Gasteiger charge is 2.54. The predicted octanol–water partition coefficient (Wildman–Crippen LogP) is 5.87. The summed E-state index contributed by atoms with van der Waals surface area (Å²) in [5.74, 6) is -1.33. The molecule has 6 amide bonds. The average molecular weight is 1030 g/mol. The number of benzene rings is 4. The van der Waals surface area contributed by atoms with Gasteiger partial charge in [0.2, 0.25) is 29.5 Å². The fraction of sp³-hybridized carbons (Fsp3) is 0.455. The van der Waals surface area contributed by atoms with Gasteiger partial charge in [-0.05, 0) is 133 Å². The molecule has 3 aliphatic rings. The van der Waals surface area contributed by atoms with Crippen LogP contribution in [-0.4, -0.2) is 84.5 Å². The maximum absolute atomic E-state index is 13.8. The van der Waals surface area contributed by atoms with E-state index in [-0.39, 0.29) is 43.5 Å². The Hall–Kier alpha value is -6.16. The number of hydrogen-bond acceptors (Lipinski definition) is 9. The second kappa shape index (κ2) is 24.5. The van der Waals surface area contributed by atoms with Gasteiger partial charge in [0.1, 0.15) is 36.2 Å². The maximum Gasteiger partial charge on any atom is 0.258 e. The molecule has 0 spiro atoms. The van der Waals surface area contributed by atoms with Crippen LogP contribution in [0.3, 0.4) is 0 Å². The lowest BCUT2D eigenvalue weighted by Crippen LogP contribution is -2.55. The zero-order valence-electron chi connectivity index (χ0n) is 41.0. The van der Waals surface area contributed by atoms with E-state index in [1.54, 1.807) is 66.7 Å². The first-order valence-corrected chi connectivity index (χ1v) is 25.6. The van der Waals surface area contributed by atoms with Gasteiger partial charge in [-0.1, -0.05) is 98.6 Å². The van der Waals surface area contributed by atoms with Crippen LogP contribution < -0.4 is 41.8 Å². The number of aliphatic hydroxyl groups is 1. The van der Waals surface area contributed by atoms with Crippen molar-refractivity contribution in [3.8, 4) is 11.5 Å². The molecule has 8 N–H and O–H groups in total. The minimum absolute atomic E-state index is 0.0115. The molecule has 0 aliphatic heterocycles. The molecule has 3 aliphatic carbocycles. The first-order chi connectivity index (χ1) is 34.5. The molecular weight excluding hydrogens is 960 g/mol. The van der Waals surface area contributed by atoms with Crippen molar-refractivity contribution >= 4 is 58.6 Å². The summed E-state index contributed by atoms with van der Waals surface area (Å²) in [5.41, 5.74) is 10.1. The first kappa shape index (κ1) is 53.6. The number of aryl methyl sites for hydroxylation is 1.